The summed E-state index contributed by atoms with van der Waals surface area (Å²) in [6.45, 7) is 3.77. The number of benzene rings is 1. The minimum absolute atomic E-state index is 0.0845. The SMILES string of the molecule is C=CCNC(=O)c1cccc(S(N)(=O)=O)c1. The molecule has 0 aromatic heterocycles. The molecule has 0 unspecified atom stereocenters. The predicted octanol–water partition coefficient (Wildman–Crippen LogP) is 0.250. The van der Waals surface area contributed by atoms with Gasteiger partial charge in [-0.15, -0.1) is 6.58 Å². The lowest BCUT2D eigenvalue weighted by atomic mass is 10.2. The molecule has 3 N–H and O–H groups in total. The molecular formula is C10H12N2O3S. The summed E-state index contributed by atoms with van der Waals surface area (Å²) in [5, 5.41) is 7.48. The van der Waals surface area contributed by atoms with Gasteiger partial charge in [-0.25, -0.2) is 13.6 Å². The molecule has 0 heterocycles. The average molecular weight is 240 g/mol. The van der Waals surface area contributed by atoms with Gasteiger partial charge in [0.25, 0.3) is 5.91 Å². The number of rotatable bonds is 4. The first kappa shape index (κ1) is 12.4. The molecular weight excluding hydrogens is 228 g/mol. The average Bonchev–Trinajstić information content (AvgIpc) is 2.25. The molecule has 1 aromatic rings. The van der Waals surface area contributed by atoms with Gasteiger partial charge < -0.3 is 5.32 Å². The molecule has 0 fully saturated rings. The maximum absolute atomic E-state index is 11.5. The van der Waals surface area contributed by atoms with Crippen molar-refractivity contribution in [2.45, 2.75) is 4.90 Å². The summed E-state index contributed by atoms with van der Waals surface area (Å²) in [5.41, 5.74) is 0.244. The second-order valence-corrected chi connectivity index (χ2v) is 4.63. The van der Waals surface area contributed by atoms with Crippen molar-refractivity contribution in [1.29, 1.82) is 0 Å². The van der Waals surface area contributed by atoms with E-state index in [-0.39, 0.29) is 16.4 Å². The molecule has 0 saturated carbocycles. The van der Waals surface area contributed by atoms with E-state index in [0.29, 0.717) is 6.54 Å². The van der Waals surface area contributed by atoms with E-state index < -0.39 is 10.0 Å². The predicted molar refractivity (Wildman–Crippen MR) is 60.3 cm³/mol. The molecule has 86 valence electrons. The number of hydrogen-bond acceptors (Lipinski definition) is 3. The van der Waals surface area contributed by atoms with Gasteiger partial charge in [-0.05, 0) is 18.2 Å². The van der Waals surface area contributed by atoms with Crippen LogP contribution in [0.3, 0.4) is 0 Å². The summed E-state index contributed by atoms with van der Waals surface area (Å²) in [5.74, 6) is -0.370. The van der Waals surface area contributed by atoms with E-state index >= 15 is 0 Å². The molecule has 0 aliphatic rings. The number of carbonyl (C=O) groups is 1. The Morgan fingerprint density at radius 1 is 1.50 bits per heavy atom. The molecule has 1 amide bonds. The van der Waals surface area contributed by atoms with Crippen LogP contribution >= 0.6 is 0 Å². The molecule has 0 atom stereocenters. The molecule has 5 nitrogen and oxygen atoms in total. The zero-order valence-electron chi connectivity index (χ0n) is 8.51. The van der Waals surface area contributed by atoms with E-state index in [2.05, 4.69) is 11.9 Å². The minimum Gasteiger partial charge on any atom is -0.349 e. The Hall–Kier alpha value is -1.66. The van der Waals surface area contributed by atoms with Crippen LogP contribution in [0, 0.1) is 0 Å². The third kappa shape index (κ3) is 3.18. The van der Waals surface area contributed by atoms with Gasteiger partial charge in [0.15, 0.2) is 0 Å². The number of nitrogens with one attached hydrogen (secondary N) is 1. The van der Waals surface area contributed by atoms with E-state index in [1.54, 1.807) is 0 Å². The number of nitrogens with two attached hydrogens (primary N) is 1. The Balaban J connectivity index is 2.99. The monoisotopic (exact) mass is 240 g/mol. The van der Waals surface area contributed by atoms with Crippen LogP contribution in [0.2, 0.25) is 0 Å². The quantitative estimate of drug-likeness (QED) is 0.739. The number of sulfonamides is 1. The number of amides is 1. The lowest BCUT2D eigenvalue weighted by molar-refractivity contribution is 0.0958. The molecule has 1 aromatic carbocycles. The fraction of sp³-hybridized carbons (Fsp3) is 0.100. The molecule has 0 saturated heterocycles. The highest BCUT2D eigenvalue weighted by Crippen LogP contribution is 2.09. The van der Waals surface area contributed by atoms with Crippen molar-refractivity contribution in [3.05, 3.63) is 42.5 Å². The molecule has 0 spiro atoms. The van der Waals surface area contributed by atoms with E-state index in [9.17, 15) is 13.2 Å². The number of carbonyl (C=O) groups excluding carboxylic acids is 1. The van der Waals surface area contributed by atoms with Crippen LogP contribution in [-0.2, 0) is 10.0 Å². The van der Waals surface area contributed by atoms with Crippen molar-refractivity contribution in [2.75, 3.05) is 6.54 Å². The van der Waals surface area contributed by atoms with Crippen molar-refractivity contribution in [3.63, 3.8) is 0 Å². The molecule has 0 aliphatic carbocycles. The van der Waals surface area contributed by atoms with E-state index in [0.717, 1.165) is 0 Å². The van der Waals surface area contributed by atoms with Gasteiger partial charge in [-0.3, -0.25) is 4.79 Å². The van der Waals surface area contributed by atoms with Gasteiger partial charge in [0.2, 0.25) is 10.0 Å². The van der Waals surface area contributed by atoms with Crippen molar-refractivity contribution in [1.82, 2.24) is 5.32 Å². The summed E-state index contributed by atoms with van der Waals surface area (Å²) in [6.07, 6.45) is 1.53. The van der Waals surface area contributed by atoms with E-state index in [1.165, 1.54) is 30.3 Å². The third-order valence-electron chi connectivity index (χ3n) is 1.83. The Bertz CT molecular complexity index is 509. The van der Waals surface area contributed by atoms with Crippen molar-refractivity contribution in [3.8, 4) is 0 Å². The number of hydrogen-bond donors (Lipinski definition) is 2. The van der Waals surface area contributed by atoms with Crippen LogP contribution in [0.15, 0.2) is 41.8 Å². The van der Waals surface area contributed by atoms with E-state index in [4.69, 9.17) is 5.14 Å². The summed E-state index contributed by atoms with van der Waals surface area (Å²) in [7, 11) is -3.78. The normalized spacial score (nSPS) is 10.8. The first-order valence-corrected chi connectivity index (χ1v) is 6.02. The zero-order chi connectivity index (χ0) is 12.2. The molecule has 1 rings (SSSR count). The topological polar surface area (TPSA) is 89.3 Å². The highest BCUT2D eigenvalue weighted by atomic mass is 32.2. The lowest BCUT2D eigenvalue weighted by Crippen LogP contribution is -2.23. The van der Waals surface area contributed by atoms with Crippen LogP contribution < -0.4 is 10.5 Å². The summed E-state index contributed by atoms with van der Waals surface area (Å²) in [6, 6.07) is 5.53. The maximum Gasteiger partial charge on any atom is 0.251 e. The Morgan fingerprint density at radius 2 is 2.19 bits per heavy atom. The van der Waals surface area contributed by atoms with Crippen LogP contribution in [0.5, 0.6) is 0 Å². The van der Waals surface area contributed by atoms with Crippen molar-refractivity contribution in [2.24, 2.45) is 5.14 Å². The van der Waals surface area contributed by atoms with Crippen LogP contribution in [0.1, 0.15) is 10.4 Å². The second kappa shape index (κ2) is 4.91. The fourth-order valence-corrected chi connectivity index (χ4v) is 1.64. The highest BCUT2D eigenvalue weighted by molar-refractivity contribution is 7.89. The van der Waals surface area contributed by atoms with Crippen LogP contribution in [-0.4, -0.2) is 20.9 Å². The summed E-state index contributed by atoms with van der Waals surface area (Å²) < 4.78 is 22.1. The number of primary sulfonamides is 1. The van der Waals surface area contributed by atoms with E-state index in [1.807, 2.05) is 0 Å². The standard InChI is InChI=1S/C10H12N2O3S/c1-2-6-12-10(13)8-4-3-5-9(7-8)16(11,14)15/h2-5,7H,1,6H2,(H,12,13)(H2,11,14,15). The largest absolute Gasteiger partial charge is 0.349 e. The fourth-order valence-electron chi connectivity index (χ4n) is 1.08. The molecule has 0 bridgehead atoms. The van der Waals surface area contributed by atoms with Crippen LogP contribution in [0.25, 0.3) is 0 Å². The Kier molecular flexibility index (Phi) is 3.81. The summed E-state index contributed by atoms with van der Waals surface area (Å²) >= 11 is 0. The van der Waals surface area contributed by atoms with Gasteiger partial charge >= 0.3 is 0 Å². The molecule has 16 heavy (non-hydrogen) atoms. The first-order valence-electron chi connectivity index (χ1n) is 4.47. The van der Waals surface area contributed by atoms with Crippen molar-refractivity contribution >= 4 is 15.9 Å². The van der Waals surface area contributed by atoms with Gasteiger partial charge in [-0.2, -0.15) is 0 Å². The van der Waals surface area contributed by atoms with Crippen molar-refractivity contribution < 1.29 is 13.2 Å². The molecule has 0 aliphatic heterocycles. The Labute approximate surface area is 94.0 Å². The smallest absolute Gasteiger partial charge is 0.251 e. The van der Waals surface area contributed by atoms with Gasteiger partial charge in [0.05, 0.1) is 4.90 Å². The summed E-state index contributed by atoms with van der Waals surface area (Å²) in [4.78, 5) is 11.4. The molecule has 6 heteroatoms. The van der Waals surface area contributed by atoms with Gasteiger partial charge in [0.1, 0.15) is 0 Å². The maximum atomic E-state index is 11.5. The highest BCUT2D eigenvalue weighted by Gasteiger charge is 2.11. The van der Waals surface area contributed by atoms with Crippen LogP contribution in [0.4, 0.5) is 0 Å². The zero-order valence-corrected chi connectivity index (χ0v) is 9.33. The minimum atomic E-state index is -3.78. The first-order chi connectivity index (χ1) is 7.45. The Morgan fingerprint density at radius 3 is 2.75 bits per heavy atom. The van der Waals surface area contributed by atoms with Gasteiger partial charge in [0, 0.05) is 12.1 Å². The molecule has 0 radical (unpaired) electrons. The lowest BCUT2D eigenvalue weighted by Gasteiger charge is -2.03. The third-order valence-corrected chi connectivity index (χ3v) is 2.74. The second-order valence-electron chi connectivity index (χ2n) is 3.07. The van der Waals surface area contributed by atoms with Gasteiger partial charge in [-0.1, -0.05) is 12.1 Å².